The lowest BCUT2D eigenvalue weighted by atomic mass is 10.2. The van der Waals surface area contributed by atoms with Crippen molar-refractivity contribution in [3.63, 3.8) is 0 Å². The monoisotopic (exact) mass is 271 g/mol. The molecule has 1 N–H and O–H groups in total. The summed E-state index contributed by atoms with van der Waals surface area (Å²) >= 11 is 0. The molecule has 20 heavy (non-hydrogen) atoms. The van der Waals surface area contributed by atoms with Crippen molar-refractivity contribution >= 4 is 5.82 Å². The maximum Gasteiger partial charge on any atom is 0.164 e. The zero-order chi connectivity index (χ0) is 13.9. The van der Waals surface area contributed by atoms with Gasteiger partial charge in [-0.05, 0) is 26.2 Å². The van der Waals surface area contributed by atoms with Crippen molar-refractivity contribution in [2.75, 3.05) is 11.9 Å². The molecule has 1 aliphatic rings. The van der Waals surface area contributed by atoms with Crippen LogP contribution in [-0.2, 0) is 6.54 Å². The van der Waals surface area contributed by atoms with Gasteiger partial charge in [-0.2, -0.15) is 5.10 Å². The Bertz CT molecular complexity index is 586. The summed E-state index contributed by atoms with van der Waals surface area (Å²) in [5, 5.41) is 7.66. The Hall–Kier alpha value is -1.91. The Balaban J connectivity index is 1.93. The summed E-state index contributed by atoms with van der Waals surface area (Å²) in [6.45, 7) is 6.03. The van der Waals surface area contributed by atoms with Gasteiger partial charge in [-0.15, -0.1) is 0 Å². The summed E-state index contributed by atoms with van der Waals surface area (Å²) in [5.74, 6) is 2.33. The van der Waals surface area contributed by atoms with Crippen LogP contribution in [0.5, 0.6) is 0 Å². The molecule has 0 spiro atoms. The molecule has 0 aliphatic heterocycles. The van der Waals surface area contributed by atoms with Gasteiger partial charge in [0.25, 0.3) is 0 Å². The summed E-state index contributed by atoms with van der Waals surface area (Å²) in [7, 11) is 0. The first-order valence-electron chi connectivity index (χ1n) is 7.45. The van der Waals surface area contributed by atoms with Gasteiger partial charge in [0.2, 0.25) is 0 Å². The lowest BCUT2D eigenvalue weighted by Crippen LogP contribution is -2.03. The molecule has 1 aliphatic carbocycles. The zero-order valence-corrected chi connectivity index (χ0v) is 12.1. The standard InChI is InChI=1S/C15H21N5/c1-3-7-20-10-12(9-17-20)15-18-13(11-5-6-11)8-14(19-15)16-4-2/h8-11H,3-7H2,1-2H3,(H,16,18,19). The van der Waals surface area contributed by atoms with Gasteiger partial charge in [0.05, 0.1) is 11.8 Å². The van der Waals surface area contributed by atoms with Crippen LogP contribution in [0.3, 0.4) is 0 Å². The first-order chi connectivity index (χ1) is 9.80. The lowest BCUT2D eigenvalue weighted by Gasteiger charge is -2.07. The van der Waals surface area contributed by atoms with Gasteiger partial charge >= 0.3 is 0 Å². The van der Waals surface area contributed by atoms with Gasteiger partial charge < -0.3 is 5.32 Å². The van der Waals surface area contributed by atoms with Crippen LogP contribution < -0.4 is 5.32 Å². The van der Waals surface area contributed by atoms with Crippen LogP contribution in [0, 0.1) is 0 Å². The predicted molar refractivity (Wildman–Crippen MR) is 79.7 cm³/mol. The second kappa shape index (κ2) is 5.61. The molecular formula is C15H21N5. The van der Waals surface area contributed by atoms with E-state index in [1.54, 1.807) is 0 Å². The van der Waals surface area contributed by atoms with Crippen LogP contribution in [0.15, 0.2) is 18.5 Å². The van der Waals surface area contributed by atoms with E-state index in [1.165, 1.54) is 12.8 Å². The largest absolute Gasteiger partial charge is 0.370 e. The molecule has 0 atom stereocenters. The Morgan fingerprint density at radius 2 is 2.15 bits per heavy atom. The van der Waals surface area contributed by atoms with Crippen molar-refractivity contribution in [3.8, 4) is 11.4 Å². The van der Waals surface area contributed by atoms with Crippen molar-refractivity contribution in [3.05, 3.63) is 24.2 Å². The summed E-state index contributed by atoms with van der Waals surface area (Å²) < 4.78 is 1.95. The Labute approximate surface area is 119 Å². The van der Waals surface area contributed by atoms with Crippen molar-refractivity contribution in [2.24, 2.45) is 0 Å². The molecule has 3 rings (SSSR count). The number of aromatic nitrogens is 4. The minimum atomic E-state index is 0.625. The summed E-state index contributed by atoms with van der Waals surface area (Å²) in [5.41, 5.74) is 2.16. The maximum absolute atomic E-state index is 4.72. The van der Waals surface area contributed by atoms with E-state index in [-0.39, 0.29) is 0 Å². The van der Waals surface area contributed by atoms with E-state index in [4.69, 9.17) is 4.98 Å². The fourth-order valence-corrected chi connectivity index (χ4v) is 2.29. The topological polar surface area (TPSA) is 55.6 Å². The molecule has 5 heteroatoms. The van der Waals surface area contributed by atoms with Crippen molar-refractivity contribution in [1.29, 1.82) is 0 Å². The van der Waals surface area contributed by atoms with Gasteiger partial charge in [0.15, 0.2) is 5.82 Å². The van der Waals surface area contributed by atoms with E-state index in [0.717, 1.165) is 42.4 Å². The van der Waals surface area contributed by atoms with Gasteiger partial charge in [0, 0.05) is 37.0 Å². The number of rotatable bonds is 6. The van der Waals surface area contributed by atoms with Gasteiger partial charge in [0.1, 0.15) is 5.82 Å². The Morgan fingerprint density at radius 3 is 2.85 bits per heavy atom. The van der Waals surface area contributed by atoms with E-state index < -0.39 is 0 Å². The highest BCUT2D eigenvalue weighted by Gasteiger charge is 2.26. The molecule has 0 bridgehead atoms. The van der Waals surface area contributed by atoms with E-state index in [9.17, 15) is 0 Å². The summed E-state index contributed by atoms with van der Waals surface area (Å²) in [4.78, 5) is 9.32. The molecule has 0 amide bonds. The number of hydrogen-bond donors (Lipinski definition) is 1. The summed E-state index contributed by atoms with van der Waals surface area (Å²) in [6.07, 6.45) is 7.46. The second-order valence-electron chi connectivity index (χ2n) is 5.30. The predicted octanol–water partition coefficient (Wildman–Crippen LogP) is 3.06. The molecular weight excluding hydrogens is 250 g/mol. The minimum Gasteiger partial charge on any atom is -0.370 e. The molecule has 106 valence electrons. The van der Waals surface area contributed by atoms with E-state index in [0.29, 0.717) is 5.92 Å². The average molecular weight is 271 g/mol. The SMILES string of the molecule is CCCn1cc(-c2nc(NCC)cc(C3CC3)n2)cn1. The third-order valence-corrected chi connectivity index (χ3v) is 3.44. The van der Waals surface area contributed by atoms with Gasteiger partial charge in [-0.25, -0.2) is 9.97 Å². The quantitative estimate of drug-likeness (QED) is 0.877. The Morgan fingerprint density at radius 1 is 1.30 bits per heavy atom. The molecule has 0 aromatic carbocycles. The first-order valence-corrected chi connectivity index (χ1v) is 7.45. The number of nitrogens with zero attached hydrogens (tertiary/aromatic N) is 4. The molecule has 5 nitrogen and oxygen atoms in total. The van der Waals surface area contributed by atoms with Crippen molar-refractivity contribution in [2.45, 2.75) is 45.6 Å². The first kappa shape index (κ1) is 13.1. The highest BCUT2D eigenvalue weighted by molar-refractivity contribution is 5.56. The van der Waals surface area contributed by atoms with E-state index in [2.05, 4.69) is 35.3 Å². The molecule has 0 radical (unpaired) electrons. The number of nitrogens with one attached hydrogen (secondary N) is 1. The summed E-state index contributed by atoms with van der Waals surface area (Å²) in [6, 6.07) is 2.08. The van der Waals surface area contributed by atoms with Gasteiger partial charge in [-0.3, -0.25) is 4.68 Å². The number of hydrogen-bond acceptors (Lipinski definition) is 4. The number of anilines is 1. The average Bonchev–Trinajstić information content (AvgIpc) is 3.20. The zero-order valence-electron chi connectivity index (χ0n) is 12.1. The van der Waals surface area contributed by atoms with Crippen LogP contribution in [0.2, 0.25) is 0 Å². The fraction of sp³-hybridized carbons (Fsp3) is 0.533. The van der Waals surface area contributed by atoms with Crippen LogP contribution in [0.4, 0.5) is 5.82 Å². The molecule has 2 heterocycles. The van der Waals surface area contributed by atoms with Crippen LogP contribution in [0.1, 0.15) is 44.7 Å². The third kappa shape index (κ3) is 2.81. The molecule has 1 fully saturated rings. The van der Waals surface area contributed by atoms with Crippen LogP contribution in [0.25, 0.3) is 11.4 Å². The fourth-order valence-electron chi connectivity index (χ4n) is 2.29. The molecule has 0 saturated heterocycles. The normalized spacial score (nSPS) is 14.5. The van der Waals surface area contributed by atoms with E-state index in [1.807, 2.05) is 17.1 Å². The molecule has 0 unspecified atom stereocenters. The lowest BCUT2D eigenvalue weighted by molar-refractivity contribution is 0.603. The van der Waals surface area contributed by atoms with Crippen LogP contribution in [-0.4, -0.2) is 26.3 Å². The minimum absolute atomic E-state index is 0.625. The Kier molecular flexibility index (Phi) is 3.67. The number of aryl methyl sites for hydroxylation is 1. The highest BCUT2D eigenvalue weighted by Crippen LogP contribution is 2.40. The van der Waals surface area contributed by atoms with E-state index >= 15 is 0 Å². The highest BCUT2D eigenvalue weighted by atomic mass is 15.3. The smallest absolute Gasteiger partial charge is 0.164 e. The second-order valence-corrected chi connectivity index (χ2v) is 5.30. The van der Waals surface area contributed by atoms with Crippen molar-refractivity contribution in [1.82, 2.24) is 19.7 Å². The van der Waals surface area contributed by atoms with Crippen molar-refractivity contribution < 1.29 is 0 Å². The van der Waals surface area contributed by atoms with Crippen LogP contribution >= 0.6 is 0 Å². The molecule has 2 aromatic rings. The van der Waals surface area contributed by atoms with Gasteiger partial charge in [-0.1, -0.05) is 6.92 Å². The maximum atomic E-state index is 4.72. The third-order valence-electron chi connectivity index (χ3n) is 3.44. The molecule has 1 saturated carbocycles. The molecule has 2 aromatic heterocycles.